The second kappa shape index (κ2) is 12.4. The maximum atomic E-state index is 12.8. The molecule has 1 amide bonds. The average molecular weight is 485 g/mol. The third kappa shape index (κ3) is 6.83. The van der Waals surface area contributed by atoms with Crippen LogP contribution >= 0.6 is 11.8 Å². The minimum atomic E-state index is -0.290. The first-order valence-corrected chi connectivity index (χ1v) is 13.1. The summed E-state index contributed by atoms with van der Waals surface area (Å²) in [5, 5.41) is 13.3. The third-order valence-corrected chi connectivity index (χ3v) is 6.85. The lowest BCUT2D eigenvalue weighted by atomic mass is 10.0. The molecule has 1 aromatic heterocycles. The van der Waals surface area contributed by atoms with Crippen LogP contribution in [-0.4, -0.2) is 20.7 Å². The zero-order valence-electron chi connectivity index (χ0n) is 20.4. The van der Waals surface area contributed by atoms with E-state index >= 15 is 0 Å². The standard InChI is InChI=1S/C29H32N4OS/c1-3-4-15-27(34)30-26(20-23-11-7-5-8-12-23)28-31-32-29(35-21-24-13-9-6-10-14-24)33(28)25-18-16-22(2)17-19-25/h5-14,16-19,26H,3-4,15,20-21H2,1-2H3,(H,30,34). The molecule has 4 rings (SSSR count). The Morgan fingerprint density at radius 1 is 0.914 bits per heavy atom. The molecule has 180 valence electrons. The Morgan fingerprint density at radius 3 is 2.23 bits per heavy atom. The maximum absolute atomic E-state index is 12.8. The number of rotatable bonds is 11. The topological polar surface area (TPSA) is 59.8 Å². The molecule has 0 spiro atoms. The zero-order valence-corrected chi connectivity index (χ0v) is 21.2. The van der Waals surface area contributed by atoms with Gasteiger partial charge < -0.3 is 5.32 Å². The van der Waals surface area contributed by atoms with Gasteiger partial charge >= 0.3 is 0 Å². The largest absolute Gasteiger partial charge is 0.346 e. The van der Waals surface area contributed by atoms with Gasteiger partial charge in [0.1, 0.15) is 0 Å². The molecule has 0 radical (unpaired) electrons. The van der Waals surface area contributed by atoms with Crippen LogP contribution in [0.25, 0.3) is 5.69 Å². The number of aromatic nitrogens is 3. The summed E-state index contributed by atoms with van der Waals surface area (Å²) in [6.07, 6.45) is 3.01. The lowest BCUT2D eigenvalue weighted by Crippen LogP contribution is -2.31. The van der Waals surface area contributed by atoms with Crippen molar-refractivity contribution in [2.45, 2.75) is 56.5 Å². The fourth-order valence-corrected chi connectivity index (χ4v) is 4.83. The molecule has 5 nitrogen and oxygen atoms in total. The molecule has 35 heavy (non-hydrogen) atoms. The molecule has 0 aliphatic heterocycles. The van der Waals surface area contributed by atoms with Crippen LogP contribution in [0.4, 0.5) is 0 Å². The number of nitrogens with zero attached hydrogens (tertiary/aromatic N) is 3. The molecule has 1 heterocycles. The van der Waals surface area contributed by atoms with Crippen LogP contribution in [0, 0.1) is 6.92 Å². The molecular weight excluding hydrogens is 452 g/mol. The van der Waals surface area contributed by atoms with E-state index in [1.807, 2.05) is 36.4 Å². The van der Waals surface area contributed by atoms with Crippen molar-refractivity contribution in [1.82, 2.24) is 20.1 Å². The highest BCUT2D eigenvalue weighted by Crippen LogP contribution is 2.29. The summed E-state index contributed by atoms with van der Waals surface area (Å²) >= 11 is 1.65. The van der Waals surface area contributed by atoms with Crippen LogP contribution in [0.3, 0.4) is 0 Å². The quantitative estimate of drug-likeness (QED) is 0.248. The Balaban J connectivity index is 1.70. The number of hydrogen-bond acceptors (Lipinski definition) is 4. The fourth-order valence-electron chi connectivity index (χ4n) is 3.92. The molecule has 1 atom stereocenters. The van der Waals surface area contributed by atoms with Gasteiger partial charge in [0.2, 0.25) is 5.91 Å². The second-order valence-corrected chi connectivity index (χ2v) is 9.64. The number of amides is 1. The molecule has 0 saturated heterocycles. The Morgan fingerprint density at radius 2 is 1.57 bits per heavy atom. The van der Waals surface area contributed by atoms with Crippen molar-refractivity contribution in [1.29, 1.82) is 0 Å². The Hall–Kier alpha value is -3.38. The van der Waals surface area contributed by atoms with Gasteiger partial charge in [-0.05, 0) is 43.0 Å². The van der Waals surface area contributed by atoms with Crippen molar-refractivity contribution in [2.24, 2.45) is 0 Å². The fraction of sp³-hybridized carbons (Fsp3) is 0.276. The summed E-state index contributed by atoms with van der Waals surface area (Å²) in [4.78, 5) is 12.8. The molecular formula is C29H32N4OS. The van der Waals surface area contributed by atoms with E-state index in [2.05, 4.69) is 82.5 Å². The van der Waals surface area contributed by atoms with Crippen molar-refractivity contribution < 1.29 is 4.79 Å². The number of thioether (sulfide) groups is 1. The van der Waals surface area contributed by atoms with Crippen LogP contribution < -0.4 is 5.32 Å². The van der Waals surface area contributed by atoms with E-state index in [-0.39, 0.29) is 11.9 Å². The summed E-state index contributed by atoms with van der Waals surface area (Å²) in [6.45, 7) is 4.17. The molecule has 0 saturated carbocycles. The van der Waals surface area contributed by atoms with Gasteiger partial charge in [-0.1, -0.05) is 103 Å². The first-order valence-electron chi connectivity index (χ1n) is 12.2. The molecule has 1 N–H and O–H groups in total. The highest BCUT2D eigenvalue weighted by Gasteiger charge is 2.25. The minimum Gasteiger partial charge on any atom is -0.346 e. The van der Waals surface area contributed by atoms with E-state index in [1.165, 1.54) is 11.1 Å². The van der Waals surface area contributed by atoms with Gasteiger partial charge in [0.15, 0.2) is 11.0 Å². The maximum Gasteiger partial charge on any atom is 0.220 e. The van der Waals surface area contributed by atoms with Crippen molar-refractivity contribution in [3.05, 3.63) is 107 Å². The predicted molar refractivity (Wildman–Crippen MR) is 143 cm³/mol. The normalized spacial score (nSPS) is 11.8. The lowest BCUT2D eigenvalue weighted by molar-refractivity contribution is -0.122. The number of nitrogens with one attached hydrogen (secondary N) is 1. The summed E-state index contributed by atoms with van der Waals surface area (Å²) in [5.74, 6) is 1.58. The summed E-state index contributed by atoms with van der Waals surface area (Å²) in [5.41, 5.74) is 4.55. The van der Waals surface area contributed by atoms with Gasteiger partial charge in [-0.25, -0.2) is 0 Å². The summed E-state index contributed by atoms with van der Waals surface area (Å²) in [7, 11) is 0. The van der Waals surface area contributed by atoms with Gasteiger partial charge in [-0.15, -0.1) is 10.2 Å². The molecule has 3 aromatic carbocycles. The van der Waals surface area contributed by atoms with Crippen LogP contribution in [0.15, 0.2) is 90.1 Å². The first kappa shape index (κ1) is 24.7. The number of carbonyl (C=O) groups excluding carboxylic acids is 1. The minimum absolute atomic E-state index is 0.0460. The highest BCUT2D eigenvalue weighted by molar-refractivity contribution is 7.98. The summed E-state index contributed by atoms with van der Waals surface area (Å²) in [6, 6.07) is 28.7. The van der Waals surface area contributed by atoms with E-state index in [9.17, 15) is 4.79 Å². The third-order valence-electron chi connectivity index (χ3n) is 5.85. The Bertz CT molecular complexity index is 1210. The number of carbonyl (C=O) groups is 1. The van der Waals surface area contributed by atoms with Crippen LogP contribution in [0.1, 0.15) is 54.7 Å². The average Bonchev–Trinajstić information content (AvgIpc) is 3.31. The lowest BCUT2D eigenvalue weighted by Gasteiger charge is -2.20. The van der Waals surface area contributed by atoms with Gasteiger partial charge in [0, 0.05) is 17.9 Å². The van der Waals surface area contributed by atoms with Gasteiger partial charge in [-0.2, -0.15) is 0 Å². The van der Waals surface area contributed by atoms with Crippen molar-refractivity contribution >= 4 is 17.7 Å². The number of unbranched alkanes of at least 4 members (excludes halogenated alkanes) is 1. The van der Waals surface area contributed by atoms with E-state index in [4.69, 9.17) is 0 Å². The van der Waals surface area contributed by atoms with E-state index < -0.39 is 0 Å². The Labute approximate surface area is 212 Å². The van der Waals surface area contributed by atoms with Crippen molar-refractivity contribution in [3.8, 4) is 5.69 Å². The van der Waals surface area contributed by atoms with Crippen LogP contribution in [-0.2, 0) is 17.0 Å². The zero-order chi connectivity index (χ0) is 24.5. The molecule has 0 fully saturated rings. The summed E-state index contributed by atoms with van der Waals surface area (Å²) < 4.78 is 2.10. The van der Waals surface area contributed by atoms with E-state index in [1.54, 1.807) is 11.8 Å². The molecule has 1 unspecified atom stereocenters. The van der Waals surface area contributed by atoms with Crippen LogP contribution in [0.5, 0.6) is 0 Å². The second-order valence-electron chi connectivity index (χ2n) is 8.70. The van der Waals surface area contributed by atoms with Crippen LogP contribution in [0.2, 0.25) is 0 Å². The molecule has 4 aromatic rings. The Kier molecular flexibility index (Phi) is 8.74. The van der Waals surface area contributed by atoms with E-state index in [0.29, 0.717) is 12.8 Å². The predicted octanol–water partition coefficient (Wildman–Crippen LogP) is 6.46. The number of aryl methyl sites for hydroxylation is 1. The van der Waals surface area contributed by atoms with Gasteiger partial charge in [0.25, 0.3) is 0 Å². The monoisotopic (exact) mass is 484 g/mol. The van der Waals surface area contributed by atoms with Gasteiger partial charge in [-0.3, -0.25) is 9.36 Å². The number of benzene rings is 3. The SMILES string of the molecule is CCCCC(=O)NC(Cc1ccccc1)c1nnc(SCc2ccccc2)n1-c1ccc(C)cc1. The molecule has 6 heteroatoms. The van der Waals surface area contributed by atoms with Gasteiger partial charge in [0.05, 0.1) is 6.04 Å². The molecule has 0 aliphatic carbocycles. The first-order chi connectivity index (χ1) is 17.1. The van der Waals surface area contributed by atoms with E-state index in [0.717, 1.165) is 40.8 Å². The van der Waals surface area contributed by atoms with Crippen molar-refractivity contribution in [2.75, 3.05) is 0 Å². The number of hydrogen-bond donors (Lipinski definition) is 1. The smallest absolute Gasteiger partial charge is 0.220 e. The highest BCUT2D eigenvalue weighted by atomic mass is 32.2. The molecule has 0 bridgehead atoms. The molecule has 0 aliphatic rings. The van der Waals surface area contributed by atoms with Crippen molar-refractivity contribution in [3.63, 3.8) is 0 Å².